The second kappa shape index (κ2) is 4.81. The number of hydrogen-bond acceptors (Lipinski definition) is 3. The van der Waals surface area contributed by atoms with Crippen LogP contribution >= 0.6 is 0 Å². The van der Waals surface area contributed by atoms with Crippen LogP contribution in [0.2, 0.25) is 0 Å². The van der Waals surface area contributed by atoms with Crippen LogP contribution in [0.25, 0.3) is 5.52 Å². The van der Waals surface area contributed by atoms with Gasteiger partial charge >= 0.3 is 0 Å². The van der Waals surface area contributed by atoms with E-state index >= 15 is 0 Å². The van der Waals surface area contributed by atoms with Crippen LogP contribution in [0, 0.1) is 0 Å². The molecule has 5 nitrogen and oxygen atoms in total. The van der Waals surface area contributed by atoms with E-state index < -0.39 is 0 Å². The molecule has 2 N–H and O–H groups in total. The first-order chi connectivity index (χ1) is 10.2. The minimum absolute atomic E-state index is 0.0607. The maximum atomic E-state index is 13.2. The molecule has 0 spiro atoms. The molecule has 0 unspecified atom stereocenters. The molecular formula is C17H24N4O. The topological polar surface area (TPSA) is 63.6 Å². The molecule has 0 radical (unpaired) electrons. The van der Waals surface area contributed by atoms with Gasteiger partial charge in [-0.05, 0) is 52.7 Å². The van der Waals surface area contributed by atoms with E-state index in [1.165, 1.54) is 0 Å². The first-order valence-corrected chi connectivity index (χ1v) is 7.73. The van der Waals surface area contributed by atoms with Gasteiger partial charge in [0.15, 0.2) is 0 Å². The summed E-state index contributed by atoms with van der Waals surface area (Å²) in [6.45, 7) is 8.40. The molecule has 1 aliphatic heterocycles. The lowest BCUT2D eigenvalue weighted by Gasteiger charge is -2.54. The molecule has 0 atom stereocenters. The summed E-state index contributed by atoms with van der Waals surface area (Å²) in [6, 6.07) is 3.89. The number of carbonyl (C=O) groups is 1. The Labute approximate surface area is 131 Å². The van der Waals surface area contributed by atoms with E-state index in [4.69, 9.17) is 5.73 Å². The highest BCUT2D eigenvalue weighted by molar-refractivity contribution is 5.96. The summed E-state index contributed by atoms with van der Waals surface area (Å²) >= 11 is 0. The van der Waals surface area contributed by atoms with Crippen molar-refractivity contribution in [1.29, 1.82) is 0 Å². The highest BCUT2D eigenvalue weighted by Crippen LogP contribution is 2.38. The Hall–Kier alpha value is -1.88. The second-order valence-electron chi connectivity index (χ2n) is 7.57. The van der Waals surface area contributed by atoms with Crippen LogP contribution in [0.4, 0.5) is 0 Å². The van der Waals surface area contributed by atoms with Gasteiger partial charge in [0.1, 0.15) is 0 Å². The van der Waals surface area contributed by atoms with E-state index in [9.17, 15) is 4.79 Å². The third-order valence-electron chi connectivity index (χ3n) is 4.60. The molecule has 1 amide bonds. The van der Waals surface area contributed by atoms with Crippen LogP contribution in [0.5, 0.6) is 0 Å². The Morgan fingerprint density at radius 2 is 1.91 bits per heavy atom. The summed E-state index contributed by atoms with van der Waals surface area (Å²) in [7, 11) is 0. The molecule has 0 bridgehead atoms. The maximum Gasteiger partial charge on any atom is 0.254 e. The zero-order valence-corrected chi connectivity index (χ0v) is 13.7. The smallest absolute Gasteiger partial charge is 0.254 e. The van der Waals surface area contributed by atoms with Gasteiger partial charge < -0.3 is 15.0 Å². The van der Waals surface area contributed by atoms with E-state index in [0.29, 0.717) is 5.56 Å². The minimum Gasteiger partial charge on any atom is -0.328 e. The average Bonchev–Trinajstić information content (AvgIpc) is 2.81. The Morgan fingerprint density at radius 3 is 2.55 bits per heavy atom. The summed E-state index contributed by atoms with van der Waals surface area (Å²) in [5.41, 5.74) is 7.30. The fourth-order valence-electron chi connectivity index (χ4n) is 4.09. The second-order valence-corrected chi connectivity index (χ2v) is 7.57. The van der Waals surface area contributed by atoms with Gasteiger partial charge in [-0.2, -0.15) is 0 Å². The van der Waals surface area contributed by atoms with Crippen LogP contribution < -0.4 is 5.73 Å². The number of pyridine rings is 1. The van der Waals surface area contributed by atoms with Crippen molar-refractivity contribution in [2.24, 2.45) is 5.73 Å². The molecule has 3 heterocycles. The number of amides is 1. The van der Waals surface area contributed by atoms with Gasteiger partial charge in [-0.3, -0.25) is 4.79 Å². The summed E-state index contributed by atoms with van der Waals surface area (Å²) in [4.78, 5) is 19.3. The van der Waals surface area contributed by atoms with Gasteiger partial charge in [0.25, 0.3) is 5.91 Å². The molecule has 5 heteroatoms. The lowest BCUT2D eigenvalue weighted by atomic mass is 9.77. The van der Waals surface area contributed by atoms with Crippen LogP contribution in [-0.2, 0) is 0 Å². The summed E-state index contributed by atoms with van der Waals surface area (Å²) in [5.74, 6) is 0.0607. The summed E-state index contributed by atoms with van der Waals surface area (Å²) in [6.07, 6.45) is 7.01. The number of aromatic nitrogens is 2. The number of fused-ring (bicyclic) bond motifs is 1. The van der Waals surface area contributed by atoms with Crippen LogP contribution in [-0.4, -0.2) is 37.3 Å². The number of nitrogens with zero attached hydrogens (tertiary/aromatic N) is 3. The number of imidazole rings is 1. The van der Waals surface area contributed by atoms with E-state index in [0.717, 1.165) is 18.4 Å². The predicted octanol–water partition coefficient (Wildman–Crippen LogP) is 2.45. The number of carbonyl (C=O) groups excluding carboxylic acids is 1. The zero-order chi connectivity index (χ0) is 16.1. The third-order valence-corrected chi connectivity index (χ3v) is 4.60. The van der Waals surface area contributed by atoms with Crippen LogP contribution in [0.3, 0.4) is 0 Å². The van der Waals surface area contributed by atoms with E-state index in [1.54, 1.807) is 12.5 Å². The first kappa shape index (κ1) is 15.0. The number of piperidine rings is 1. The SMILES string of the molecule is CC1(C)CC(N)CC(C)(C)N1C(=O)c1ccn2cncc2c1. The molecule has 22 heavy (non-hydrogen) atoms. The minimum atomic E-state index is -0.259. The number of likely N-dealkylation sites (tertiary alicyclic amines) is 1. The summed E-state index contributed by atoms with van der Waals surface area (Å²) in [5, 5.41) is 0. The third kappa shape index (κ3) is 2.39. The molecular weight excluding hydrogens is 276 g/mol. The molecule has 1 saturated heterocycles. The van der Waals surface area contributed by atoms with Crippen molar-refractivity contribution in [2.75, 3.05) is 0 Å². The summed E-state index contributed by atoms with van der Waals surface area (Å²) < 4.78 is 1.90. The van der Waals surface area contributed by atoms with Gasteiger partial charge in [0.2, 0.25) is 0 Å². The average molecular weight is 300 g/mol. The normalized spacial score (nSPS) is 21.2. The van der Waals surface area contributed by atoms with Crippen molar-refractivity contribution >= 4 is 11.4 Å². The van der Waals surface area contributed by atoms with Gasteiger partial charge in [0, 0.05) is 28.9 Å². The van der Waals surface area contributed by atoms with Crippen molar-refractivity contribution in [1.82, 2.24) is 14.3 Å². The fourth-order valence-corrected chi connectivity index (χ4v) is 4.09. The quantitative estimate of drug-likeness (QED) is 0.880. The van der Waals surface area contributed by atoms with E-state index in [-0.39, 0.29) is 23.0 Å². The van der Waals surface area contributed by atoms with E-state index in [1.807, 2.05) is 27.6 Å². The van der Waals surface area contributed by atoms with Gasteiger partial charge in [-0.15, -0.1) is 0 Å². The monoisotopic (exact) mass is 300 g/mol. The van der Waals surface area contributed by atoms with Gasteiger partial charge in [-0.25, -0.2) is 4.98 Å². The van der Waals surface area contributed by atoms with E-state index in [2.05, 4.69) is 32.7 Å². The van der Waals surface area contributed by atoms with Crippen molar-refractivity contribution in [3.05, 3.63) is 36.4 Å². The largest absolute Gasteiger partial charge is 0.328 e. The van der Waals surface area contributed by atoms with Gasteiger partial charge in [0.05, 0.1) is 18.0 Å². The Morgan fingerprint density at radius 1 is 1.27 bits per heavy atom. The molecule has 2 aromatic heterocycles. The highest BCUT2D eigenvalue weighted by atomic mass is 16.2. The van der Waals surface area contributed by atoms with Crippen molar-refractivity contribution in [2.45, 2.75) is 57.7 Å². The maximum absolute atomic E-state index is 13.2. The van der Waals surface area contributed by atoms with Crippen molar-refractivity contribution < 1.29 is 4.79 Å². The Bertz CT molecular complexity index is 698. The molecule has 0 saturated carbocycles. The highest BCUT2D eigenvalue weighted by Gasteiger charge is 2.47. The Kier molecular flexibility index (Phi) is 3.29. The first-order valence-electron chi connectivity index (χ1n) is 7.73. The molecule has 2 aromatic rings. The molecule has 0 aromatic carbocycles. The fraction of sp³-hybridized carbons (Fsp3) is 0.529. The number of nitrogens with two attached hydrogens (primary N) is 1. The lowest BCUT2D eigenvalue weighted by molar-refractivity contribution is -0.0172. The molecule has 3 rings (SSSR count). The van der Waals surface area contributed by atoms with Gasteiger partial charge in [-0.1, -0.05) is 0 Å². The molecule has 118 valence electrons. The number of hydrogen-bond donors (Lipinski definition) is 1. The van der Waals surface area contributed by atoms with Crippen molar-refractivity contribution in [3.63, 3.8) is 0 Å². The van der Waals surface area contributed by atoms with Crippen LogP contribution in [0.1, 0.15) is 50.9 Å². The zero-order valence-electron chi connectivity index (χ0n) is 13.7. The molecule has 1 aliphatic rings. The lowest BCUT2D eigenvalue weighted by Crippen LogP contribution is -2.65. The molecule has 1 fully saturated rings. The van der Waals surface area contributed by atoms with Crippen molar-refractivity contribution in [3.8, 4) is 0 Å². The molecule has 0 aliphatic carbocycles. The number of rotatable bonds is 1. The van der Waals surface area contributed by atoms with Crippen LogP contribution in [0.15, 0.2) is 30.9 Å². The Balaban J connectivity index is 2.01. The standard InChI is InChI=1S/C17H24N4O/c1-16(2)8-13(18)9-17(3,4)21(16)15(22)12-5-6-20-11-19-10-14(20)7-12/h5-7,10-11,13H,8-9,18H2,1-4H3. The predicted molar refractivity (Wildman–Crippen MR) is 86.7 cm³/mol.